The average Bonchev–Trinajstić information content (AvgIpc) is 3.35. The molecule has 1 amide bonds. The Balaban J connectivity index is 1.09. The van der Waals surface area contributed by atoms with Crippen molar-refractivity contribution in [3.63, 3.8) is 0 Å². The van der Waals surface area contributed by atoms with Gasteiger partial charge in [-0.15, -0.1) is 6.58 Å². The van der Waals surface area contributed by atoms with Gasteiger partial charge in [-0.05, 0) is 47.5 Å². The molecule has 0 aromatic carbocycles. The third-order valence-electron chi connectivity index (χ3n) is 8.33. The van der Waals surface area contributed by atoms with E-state index in [0.717, 1.165) is 25.9 Å². The van der Waals surface area contributed by atoms with E-state index in [1.165, 1.54) is 77.0 Å². The highest BCUT2D eigenvalue weighted by atomic mass is 16.8. The van der Waals surface area contributed by atoms with Gasteiger partial charge in [0.25, 0.3) is 0 Å². The quantitative estimate of drug-likeness (QED) is 0.113. The maximum absolute atomic E-state index is 12.7. The molecule has 0 saturated carbocycles. The van der Waals surface area contributed by atoms with Crippen LogP contribution in [0.5, 0.6) is 0 Å². The van der Waals surface area contributed by atoms with Crippen molar-refractivity contribution >= 4 is 6.09 Å². The van der Waals surface area contributed by atoms with E-state index in [1.807, 2.05) is 40.7 Å². The highest BCUT2D eigenvalue weighted by Gasteiger charge is 2.47. The number of ether oxygens (including phenoxy) is 5. The van der Waals surface area contributed by atoms with Crippen LogP contribution >= 0.6 is 0 Å². The number of amides is 1. The molecule has 236 valence electrons. The largest absolute Gasteiger partial charge is 0.444 e. The fourth-order valence-corrected chi connectivity index (χ4v) is 6.14. The van der Waals surface area contributed by atoms with E-state index in [1.54, 1.807) is 4.90 Å². The van der Waals surface area contributed by atoms with E-state index >= 15 is 0 Å². The molecule has 4 atom stereocenters. The van der Waals surface area contributed by atoms with Crippen LogP contribution < -0.4 is 0 Å². The minimum atomic E-state index is -0.677. The summed E-state index contributed by atoms with van der Waals surface area (Å²) in [7, 11) is 0. The molecular weight excluding hydrogens is 518 g/mol. The van der Waals surface area contributed by atoms with Crippen LogP contribution in [0.4, 0.5) is 4.79 Å². The van der Waals surface area contributed by atoms with Crippen molar-refractivity contribution in [2.75, 3.05) is 19.8 Å². The molecule has 41 heavy (non-hydrogen) atoms. The zero-order valence-corrected chi connectivity index (χ0v) is 26.8. The second-order valence-corrected chi connectivity index (χ2v) is 13.6. The monoisotopic (exact) mass is 577 g/mol. The standard InChI is InChI=1S/C34H59NO6/c1-7-29-30-22-21-24-34(39-29,40-30)23-19-17-15-13-11-9-8-10-12-14-16-18-20-25-37-26-28-27-38-33(5,6)35(28)31(36)41-32(2,3)4/h7,21-22,28-30H,1,8-20,23-27H2,2-6H3/t28-,29+,30+,34+/m0/s1. The highest BCUT2D eigenvalue weighted by molar-refractivity contribution is 5.69. The number of fused-ring (bicyclic) bond motifs is 2. The van der Waals surface area contributed by atoms with Crippen LogP contribution in [0.15, 0.2) is 24.8 Å². The number of hydrogen-bond donors (Lipinski definition) is 0. The summed E-state index contributed by atoms with van der Waals surface area (Å²) in [6.07, 6.45) is 24.5. The Kier molecular flexibility index (Phi) is 13.7. The van der Waals surface area contributed by atoms with Crippen LogP contribution in [0.25, 0.3) is 0 Å². The molecule has 0 N–H and O–H groups in total. The van der Waals surface area contributed by atoms with Gasteiger partial charge in [0.15, 0.2) is 5.79 Å². The van der Waals surface area contributed by atoms with Gasteiger partial charge in [-0.2, -0.15) is 0 Å². The lowest BCUT2D eigenvalue weighted by Crippen LogP contribution is -2.51. The zero-order chi connectivity index (χ0) is 29.8. The molecule has 7 nitrogen and oxygen atoms in total. The van der Waals surface area contributed by atoms with E-state index < -0.39 is 17.1 Å². The fraction of sp³-hybridized carbons (Fsp3) is 0.853. The van der Waals surface area contributed by atoms with E-state index in [0.29, 0.717) is 13.2 Å². The number of rotatable bonds is 19. The number of hydrogen-bond acceptors (Lipinski definition) is 6. The van der Waals surface area contributed by atoms with E-state index in [-0.39, 0.29) is 24.3 Å². The number of carbonyl (C=O) groups excluding carboxylic acids is 1. The van der Waals surface area contributed by atoms with E-state index in [2.05, 4.69) is 18.7 Å². The first-order chi connectivity index (χ1) is 19.6. The maximum Gasteiger partial charge on any atom is 0.412 e. The summed E-state index contributed by atoms with van der Waals surface area (Å²) in [5.74, 6) is -0.390. The maximum atomic E-state index is 12.7. The Labute approximate surface area is 250 Å². The van der Waals surface area contributed by atoms with Gasteiger partial charge in [0.05, 0.1) is 19.3 Å². The fourth-order valence-electron chi connectivity index (χ4n) is 6.14. The molecule has 0 aromatic heterocycles. The molecule has 3 aliphatic heterocycles. The van der Waals surface area contributed by atoms with Crippen LogP contribution in [0.3, 0.4) is 0 Å². The van der Waals surface area contributed by atoms with Gasteiger partial charge in [-0.25, -0.2) is 4.79 Å². The number of carbonyl (C=O) groups is 1. The average molecular weight is 578 g/mol. The molecule has 7 heteroatoms. The summed E-state index contributed by atoms with van der Waals surface area (Å²) in [6.45, 7) is 15.0. The summed E-state index contributed by atoms with van der Waals surface area (Å²) >= 11 is 0. The Bertz CT molecular complexity index is 821. The molecule has 3 heterocycles. The van der Waals surface area contributed by atoms with Crippen molar-refractivity contribution in [2.45, 2.75) is 166 Å². The van der Waals surface area contributed by atoms with E-state index in [4.69, 9.17) is 23.7 Å². The molecule has 2 fully saturated rings. The molecule has 0 radical (unpaired) electrons. The van der Waals surface area contributed by atoms with Crippen LogP contribution in [0, 0.1) is 0 Å². The van der Waals surface area contributed by atoms with Crippen LogP contribution in [0.1, 0.15) is 131 Å². The third-order valence-corrected chi connectivity index (χ3v) is 8.33. The molecular formula is C34H59NO6. The molecule has 0 spiro atoms. The van der Waals surface area contributed by atoms with Gasteiger partial charge in [0.1, 0.15) is 23.5 Å². The predicted octanol–water partition coefficient (Wildman–Crippen LogP) is 8.46. The van der Waals surface area contributed by atoms with Crippen molar-refractivity contribution in [2.24, 2.45) is 0 Å². The Morgan fingerprint density at radius 1 is 0.951 bits per heavy atom. The predicted molar refractivity (Wildman–Crippen MR) is 164 cm³/mol. The van der Waals surface area contributed by atoms with Crippen molar-refractivity contribution in [1.29, 1.82) is 0 Å². The van der Waals surface area contributed by atoms with Gasteiger partial charge in [-0.3, -0.25) is 4.90 Å². The second kappa shape index (κ2) is 16.4. The summed E-state index contributed by atoms with van der Waals surface area (Å²) in [5.41, 5.74) is -1.21. The van der Waals surface area contributed by atoms with Gasteiger partial charge in [-0.1, -0.05) is 88.9 Å². The first-order valence-corrected chi connectivity index (χ1v) is 16.4. The highest BCUT2D eigenvalue weighted by Crippen LogP contribution is 2.40. The summed E-state index contributed by atoms with van der Waals surface area (Å²) < 4.78 is 29.7. The second-order valence-electron chi connectivity index (χ2n) is 13.6. The number of nitrogens with zero attached hydrogens (tertiary/aromatic N) is 1. The van der Waals surface area contributed by atoms with Crippen LogP contribution in [0.2, 0.25) is 0 Å². The normalized spacial score (nSPS) is 27.0. The van der Waals surface area contributed by atoms with Gasteiger partial charge in [0, 0.05) is 19.4 Å². The smallest absolute Gasteiger partial charge is 0.412 e. The van der Waals surface area contributed by atoms with Crippen molar-refractivity contribution in [3.8, 4) is 0 Å². The van der Waals surface area contributed by atoms with Crippen LogP contribution in [-0.2, 0) is 23.7 Å². The summed E-state index contributed by atoms with van der Waals surface area (Å²) in [5, 5.41) is 0. The molecule has 3 aliphatic rings. The summed E-state index contributed by atoms with van der Waals surface area (Å²) in [4.78, 5) is 14.4. The van der Waals surface area contributed by atoms with Crippen molar-refractivity contribution in [3.05, 3.63) is 24.8 Å². The molecule has 2 saturated heterocycles. The van der Waals surface area contributed by atoms with Gasteiger partial charge >= 0.3 is 6.09 Å². The molecule has 0 aromatic rings. The Morgan fingerprint density at radius 2 is 1.54 bits per heavy atom. The third kappa shape index (κ3) is 11.3. The van der Waals surface area contributed by atoms with Crippen LogP contribution in [-0.4, -0.2) is 66.2 Å². The minimum absolute atomic E-state index is 0.0124. The lowest BCUT2D eigenvalue weighted by Gasteiger charge is -2.35. The lowest BCUT2D eigenvalue weighted by molar-refractivity contribution is -0.175. The van der Waals surface area contributed by atoms with Crippen molar-refractivity contribution in [1.82, 2.24) is 4.90 Å². The van der Waals surface area contributed by atoms with Crippen molar-refractivity contribution < 1.29 is 28.5 Å². The SMILES string of the molecule is C=C[C@H]1O[C@@]2(CCCCCCCCCCCCCCCOC[C@H]3COC(C)(C)N3C(=O)OC(C)(C)C)CC=C[C@H]1O2. The lowest BCUT2D eigenvalue weighted by atomic mass is 10.0. The van der Waals surface area contributed by atoms with Gasteiger partial charge in [0.2, 0.25) is 0 Å². The first kappa shape index (κ1) is 34.1. The Hall–Kier alpha value is -1.41. The zero-order valence-electron chi connectivity index (χ0n) is 26.8. The molecule has 0 aliphatic carbocycles. The molecule has 0 unspecified atom stereocenters. The summed E-state index contributed by atoms with van der Waals surface area (Å²) in [6, 6.07) is -0.108. The first-order valence-electron chi connectivity index (χ1n) is 16.4. The van der Waals surface area contributed by atoms with Gasteiger partial charge < -0.3 is 23.7 Å². The molecule has 2 bridgehead atoms. The molecule has 3 rings (SSSR count). The minimum Gasteiger partial charge on any atom is -0.444 e. The van der Waals surface area contributed by atoms with E-state index in [9.17, 15) is 4.79 Å². The Morgan fingerprint density at radius 3 is 2.12 bits per heavy atom. The number of unbranched alkanes of at least 4 members (excludes halogenated alkanes) is 12. The topological polar surface area (TPSA) is 66.5 Å².